The van der Waals surface area contributed by atoms with E-state index < -0.39 is 0 Å². The van der Waals surface area contributed by atoms with E-state index in [2.05, 4.69) is 6.07 Å². The molecule has 4 heteroatoms. The SMILES string of the molecule is CCOc1cccc(CN)c1OCc1cccs1. The molecule has 3 nitrogen and oxygen atoms in total. The van der Waals surface area contributed by atoms with Crippen LogP contribution in [0.3, 0.4) is 0 Å². The van der Waals surface area contributed by atoms with Crippen LogP contribution >= 0.6 is 11.3 Å². The van der Waals surface area contributed by atoms with Gasteiger partial charge in [0.05, 0.1) is 6.61 Å². The molecule has 96 valence electrons. The molecule has 0 bridgehead atoms. The highest BCUT2D eigenvalue weighted by molar-refractivity contribution is 7.09. The van der Waals surface area contributed by atoms with Crippen LogP contribution in [0.25, 0.3) is 0 Å². The molecule has 0 radical (unpaired) electrons. The molecular formula is C14H17NO2S. The zero-order chi connectivity index (χ0) is 12.8. The summed E-state index contributed by atoms with van der Waals surface area (Å²) >= 11 is 1.68. The van der Waals surface area contributed by atoms with Crippen LogP contribution in [0.2, 0.25) is 0 Å². The molecular weight excluding hydrogens is 246 g/mol. The van der Waals surface area contributed by atoms with Crippen LogP contribution in [-0.4, -0.2) is 6.61 Å². The smallest absolute Gasteiger partial charge is 0.166 e. The van der Waals surface area contributed by atoms with Gasteiger partial charge in [0.1, 0.15) is 6.61 Å². The molecule has 2 N–H and O–H groups in total. The minimum absolute atomic E-state index is 0.445. The predicted octanol–water partition coefficient (Wildman–Crippen LogP) is 3.18. The minimum atomic E-state index is 0.445. The summed E-state index contributed by atoms with van der Waals surface area (Å²) in [7, 11) is 0. The molecule has 0 amide bonds. The van der Waals surface area contributed by atoms with E-state index in [1.165, 1.54) is 4.88 Å². The molecule has 0 aliphatic rings. The van der Waals surface area contributed by atoms with Gasteiger partial charge in [0.25, 0.3) is 0 Å². The fourth-order valence-electron chi connectivity index (χ4n) is 1.69. The second kappa shape index (κ2) is 6.42. The van der Waals surface area contributed by atoms with Crippen molar-refractivity contribution in [1.82, 2.24) is 0 Å². The van der Waals surface area contributed by atoms with Gasteiger partial charge in [-0.2, -0.15) is 0 Å². The highest BCUT2D eigenvalue weighted by atomic mass is 32.1. The Morgan fingerprint density at radius 3 is 2.72 bits per heavy atom. The van der Waals surface area contributed by atoms with Gasteiger partial charge in [-0.05, 0) is 24.4 Å². The van der Waals surface area contributed by atoms with Gasteiger partial charge < -0.3 is 15.2 Å². The van der Waals surface area contributed by atoms with Crippen molar-refractivity contribution in [3.05, 3.63) is 46.2 Å². The summed E-state index contributed by atoms with van der Waals surface area (Å²) in [5.41, 5.74) is 6.70. The van der Waals surface area contributed by atoms with Crippen molar-refractivity contribution in [1.29, 1.82) is 0 Å². The first-order valence-corrected chi connectivity index (χ1v) is 6.83. The number of hydrogen-bond donors (Lipinski definition) is 1. The molecule has 1 heterocycles. The molecule has 2 rings (SSSR count). The molecule has 1 aromatic carbocycles. The average Bonchev–Trinajstić information content (AvgIpc) is 2.90. The van der Waals surface area contributed by atoms with Crippen molar-refractivity contribution in [3.63, 3.8) is 0 Å². The van der Waals surface area contributed by atoms with Crippen LogP contribution in [0.1, 0.15) is 17.4 Å². The summed E-state index contributed by atoms with van der Waals surface area (Å²) in [4.78, 5) is 1.18. The third-order valence-corrected chi connectivity index (χ3v) is 3.37. The number of ether oxygens (including phenoxy) is 2. The highest BCUT2D eigenvalue weighted by Crippen LogP contribution is 2.32. The summed E-state index contributed by atoms with van der Waals surface area (Å²) < 4.78 is 11.4. The lowest BCUT2D eigenvalue weighted by molar-refractivity contribution is 0.269. The predicted molar refractivity (Wildman–Crippen MR) is 74.2 cm³/mol. The van der Waals surface area contributed by atoms with Crippen molar-refractivity contribution in [2.24, 2.45) is 5.73 Å². The van der Waals surface area contributed by atoms with Crippen molar-refractivity contribution in [3.8, 4) is 11.5 Å². The lowest BCUT2D eigenvalue weighted by atomic mass is 10.2. The molecule has 1 aromatic heterocycles. The Kier molecular flexibility index (Phi) is 4.61. The van der Waals surface area contributed by atoms with E-state index in [1.807, 2.05) is 36.6 Å². The van der Waals surface area contributed by atoms with Crippen LogP contribution in [0.15, 0.2) is 35.7 Å². The van der Waals surface area contributed by atoms with Crippen LogP contribution in [0, 0.1) is 0 Å². The van der Waals surface area contributed by atoms with Crippen LogP contribution in [0.5, 0.6) is 11.5 Å². The summed E-state index contributed by atoms with van der Waals surface area (Å²) in [6.45, 7) is 3.57. The van der Waals surface area contributed by atoms with E-state index >= 15 is 0 Å². The molecule has 2 aromatic rings. The Bertz CT molecular complexity index is 483. The normalized spacial score (nSPS) is 10.3. The second-order valence-electron chi connectivity index (χ2n) is 3.75. The van der Waals surface area contributed by atoms with Crippen molar-refractivity contribution < 1.29 is 9.47 Å². The molecule has 0 unspecified atom stereocenters. The summed E-state index contributed by atoms with van der Waals surface area (Å²) in [6.07, 6.45) is 0. The first-order valence-electron chi connectivity index (χ1n) is 5.95. The quantitative estimate of drug-likeness (QED) is 0.870. The van der Waals surface area contributed by atoms with Crippen LogP contribution in [-0.2, 0) is 13.2 Å². The van der Waals surface area contributed by atoms with Gasteiger partial charge in [-0.25, -0.2) is 0 Å². The Balaban J connectivity index is 2.18. The van der Waals surface area contributed by atoms with E-state index in [4.69, 9.17) is 15.2 Å². The van der Waals surface area contributed by atoms with Crippen molar-refractivity contribution >= 4 is 11.3 Å². The first-order chi connectivity index (χ1) is 8.85. The van der Waals surface area contributed by atoms with E-state index in [1.54, 1.807) is 11.3 Å². The lowest BCUT2D eigenvalue weighted by Crippen LogP contribution is -2.05. The summed E-state index contributed by atoms with van der Waals surface area (Å²) in [5.74, 6) is 1.52. The first kappa shape index (κ1) is 12.9. The van der Waals surface area contributed by atoms with E-state index in [0.717, 1.165) is 17.1 Å². The zero-order valence-electron chi connectivity index (χ0n) is 10.4. The Labute approximate surface area is 111 Å². The second-order valence-corrected chi connectivity index (χ2v) is 4.78. The van der Waals surface area contributed by atoms with Gasteiger partial charge in [-0.15, -0.1) is 11.3 Å². The molecule has 18 heavy (non-hydrogen) atoms. The Hall–Kier alpha value is -1.52. The number of benzene rings is 1. The fourth-order valence-corrected chi connectivity index (χ4v) is 2.31. The molecule has 0 saturated heterocycles. The third-order valence-electron chi connectivity index (χ3n) is 2.52. The standard InChI is InChI=1S/C14H17NO2S/c1-2-16-13-7-3-5-11(9-15)14(13)17-10-12-6-4-8-18-12/h3-8H,2,9-10,15H2,1H3. The Morgan fingerprint density at radius 1 is 1.17 bits per heavy atom. The van der Waals surface area contributed by atoms with Crippen molar-refractivity contribution in [2.75, 3.05) is 6.61 Å². The molecule has 0 fully saturated rings. The maximum absolute atomic E-state index is 5.86. The van der Waals surface area contributed by atoms with Crippen LogP contribution < -0.4 is 15.2 Å². The average molecular weight is 263 g/mol. The lowest BCUT2D eigenvalue weighted by Gasteiger charge is -2.14. The molecule has 0 aliphatic heterocycles. The number of rotatable bonds is 6. The number of hydrogen-bond acceptors (Lipinski definition) is 4. The zero-order valence-corrected chi connectivity index (χ0v) is 11.2. The number of para-hydroxylation sites is 1. The Morgan fingerprint density at radius 2 is 2.06 bits per heavy atom. The van der Waals surface area contributed by atoms with Gasteiger partial charge >= 0.3 is 0 Å². The van der Waals surface area contributed by atoms with E-state index in [-0.39, 0.29) is 0 Å². The van der Waals surface area contributed by atoms with Gasteiger partial charge in [0.2, 0.25) is 0 Å². The van der Waals surface area contributed by atoms with Gasteiger partial charge in [-0.3, -0.25) is 0 Å². The molecule has 0 saturated carbocycles. The number of thiophene rings is 1. The van der Waals surface area contributed by atoms with E-state index in [9.17, 15) is 0 Å². The summed E-state index contributed by atoms with van der Waals surface area (Å²) in [6, 6.07) is 9.88. The molecule has 0 atom stereocenters. The largest absolute Gasteiger partial charge is 0.490 e. The van der Waals surface area contributed by atoms with E-state index in [0.29, 0.717) is 19.8 Å². The topological polar surface area (TPSA) is 44.5 Å². The molecule has 0 aliphatic carbocycles. The van der Waals surface area contributed by atoms with Gasteiger partial charge in [0, 0.05) is 17.0 Å². The number of nitrogens with two attached hydrogens (primary N) is 1. The monoisotopic (exact) mass is 263 g/mol. The van der Waals surface area contributed by atoms with Crippen molar-refractivity contribution in [2.45, 2.75) is 20.1 Å². The highest BCUT2D eigenvalue weighted by Gasteiger charge is 2.10. The molecule has 0 spiro atoms. The van der Waals surface area contributed by atoms with Gasteiger partial charge in [-0.1, -0.05) is 18.2 Å². The maximum Gasteiger partial charge on any atom is 0.166 e. The third kappa shape index (κ3) is 3.03. The minimum Gasteiger partial charge on any atom is -0.490 e. The van der Waals surface area contributed by atoms with Crippen LogP contribution in [0.4, 0.5) is 0 Å². The maximum atomic E-state index is 5.86. The summed E-state index contributed by atoms with van der Waals surface area (Å²) in [5, 5.41) is 2.04. The fraction of sp³-hybridized carbons (Fsp3) is 0.286. The van der Waals surface area contributed by atoms with Gasteiger partial charge in [0.15, 0.2) is 11.5 Å².